The van der Waals surface area contributed by atoms with E-state index in [0.29, 0.717) is 6.42 Å². The van der Waals surface area contributed by atoms with Crippen LogP contribution < -0.4 is 53.6 Å². The Balaban J connectivity index is 1.65. The number of carboxylic acids is 1. The molecule has 18 N–H and O–H groups in total. The van der Waals surface area contributed by atoms with Crippen molar-refractivity contribution >= 4 is 77.7 Å². The van der Waals surface area contributed by atoms with E-state index in [2.05, 4.69) is 60.5 Å². The van der Waals surface area contributed by atoms with E-state index in [1.165, 1.54) is 32.6 Å². The number of thiol groups is 1. The van der Waals surface area contributed by atoms with Gasteiger partial charge in [0.15, 0.2) is 12.6 Å². The highest BCUT2D eigenvalue weighted by Crippen LogP contribution is 2.31. The molecule has 3 fully saturated rings. The fourth-order valence-corrected chi connectivity index (χ4v) is 10.1. The second-order valence-electron chi connectivity index (χ2n) is 24.0. The maximum atomic E-state index is 14.3. The molecule has 21 atom stereocenters. The normalized spacial score (nSPS) is 27.1. The zero-order valence-corrected chi connectivity index (χ0v) is 53.3. The second kappa shape index (κ2) is 35.0. The Kier molecular flexibility index (Phi) is 30.5. The van der Waals surface area contributed by atoms with Crippen LogP contribution in [0.5, 0.6) is 0 Å². The number of aliphatic hydroxyl groups excluding tert-OH is 6. The molecule has 0 saturated carbocycles. The molecule has 89 heavy (non-hydrogen) atoms. The molecule has 10 unspecified atom stereocenters. The molecule has 0 aromatic heterocycles. The summed E-state index contributed by atoms with van der Waals surface area (Å²) in [5.41, 5.74) is 6.39. The van der Waals surface area contributed by atoms with Gasteiger partial charge in [0.25, 0.3) is 0 Å². The lowest BCUT2D eigenvalue weighted by molar-refractivity contribution is -0.347. The number of nitrogens with two attached hydrogens (primary N) is 1. The number of rotatable bonds is 31. The molecule has 3 heterocycles. The van der Waals surface area contributed by atoms with Crippen molar-refractivity contribution < 1.29 is 107 Å². The van der Waals surface area contributed by atoms with Gasteiger partial charge in [-0.2, -0.15) is 12.6 Å². The number of likely N-dealkylation sites (tertiary alicyclic amines) is 1. The molecule has 3 rings (SSSR count). The number of carbonyl (C=O) groups excluding carboxylic acids is 10. The highest BCUT2D eigenvalue weighted by Gasteiger charge is 2.53. The number of ether oxygens (including phenoxy) is 4. The van der Waals surface area contributed by atoms with Crippen LogP contribution in [0.1, 0.15) is 103 Å². The third-order valence-electron chi connectivity index (χ3n) is 15.4. The number of hydrogen-bond acceptors (Lipinski definition) is 23. The van der Waals surface area contributed by atoms with E-state index in [1.54, 1.807) is 55.4 Å². The highest BCUT2D eigenvalue weighted by atomic mass is 32.1. The van der Waals surface area contributed by atoms with Crippen molar-refractivity contribution in [3.05, 3.63) is 0 Å². The van der Waals surface area contributed by atoms with Crippen LogP contribution in [0.4, 0.5) is 0 Å². The zero-order valence-electron chi connectivity index (χ0n) is 52.4. The number of aliphatic carboxylic acids is 1. The Morgan fingerprint density at radius 1 is 0.562 bits per heavy atom. The van der Waals surface area contributed by atoms with Crippen LogP contribution in [0.15, 0.2) is 0 Å². The van der Waals surface area contributed by atoms with Crippen LogP contribution in [0.3, 0.4) is 0 Å². The monoisotopic (exact) mass is 1290 g/mol. The molecule has 508 valence electrons. The van der Waals surface area contributed by atoms with Gasteiger partial charge < -0.3 is 113 Å². The number of aliphatic hydroxyl groups is 6. The first-order valence-electron chi connectivity index (χ1n) is 29.6. The summed E-state index contributed by atoms with van der Waals surface area (Å²) in [6, 6.07) is -14.3. The first kappa shape index (κ1) is 77.3. The van der Waals surface area contributed by atoms with Crippen molar-refractivity contribution in [2.24, 2.45) is 29.4 Å². The average molecular weight is 1290 g/mol. The number of hydrogen-bond donors (Lipinski definition) is 18. The number of nitrogens with one attached hydrogen (secondary N) is 9. The number of amides is 10. The lowest BCUT2D eigenvalue weighted by Gasteiger charge is -2.48. The number of nitrogens with zero attached hydrogens (tertiary/aromatic N) is 1. The smallest absolute Gasteiger partial charge is 0.327 e. The predicted octanol–water partition coefficient (Wildman–Crippen LogP) is -6.95. The van der Waals surface area contributed by atoms with E-state index in [-0.39, 0.29) is 18.7 Å². The lowest BCUT2D eigenvalue weighted by atomic mass is 9.95. The molecular weight excluding hydrogens is 1200 g/mol. The van der Waals surface area contributed by atoms with Crippen molar-refractivity contribution in [1.82, 2.24) is 52.8 Å². The van der Waals surface area contributed by atoms with Crippen molar-refractivity contribution in [3.63, 3.8) is 0 Å². The number of carbonyl (C=O) groups is 11. The maximum Gasteiger partial charge on any atom is 0.327 e. The fourth-order valence-electron chi connectivity index (χ4n) is 9.82. The molecule has 0 aromatic carbocycles. The standard InChI is InChI=1S/C55H95N11O22S/c1-20(2)34(49(79)59-25(10)45(75)61-29(19-89)53(83)84)63-51(81)36(22(5)6)64-50(80)35(21(3)4)62-46(76)26(11)57-44(74)24(9)58-47(77)30-15-14-16-66(30)52(82)37(23(7)8)65-48(78)33(56)27(12)85-54-38(60-28(13)69)43(40(71)32(18-68)86-54)88-55-42(73)41(72)39(70)31(17-67)87-55/h20-27,29-43,54-55,67-68,70-73,89H,14-19,56H2,1-13H3,(H,57,74)(H,58,77)(H,59,79)(H,60,69)(H,61,75)(H,62,76)(H,63,81)(H,64,80)(H,65,78)(H,83,84)/t24?,25-,26-,27?,29?,30-,31?,32?,33-,34?,35?,36-,37?,38?,39-,40-,41?,42-,43+,54-,55-/m0/s1. The minimum absolute atomic E-state index is 0.0765. The van der Waals surface area contributed by atoms with Crippen molar-refractivity contribution in [1.29, 1.82) is 0 Å². The van der Waals surface area contributed by atoms with E-state index in [9.17, 15) is 88.5 Å². The van der Waals surface area contributed by atoms with Gasteiger partial charge in [-0.3, -0.25) is 47.9 Å². The summed E-state index contributed by atoms with van der Waals surface area (Å²) in [4.78, 5) is 148. The summed E-state index contributed by atoms with van der Waals surface area (Å²) in [5.74, 6) is -11.6. The van der Waals surface area contributed by atoms with Gasteiger partial charge in [0.1, 0.15) is 109 Å². The van der Waals surface area contributed by atoms with Gasteiger partial charge in [0.2, 0.25) is 59.1 Å². The van der Waals surface area contributed by atoms with Gasteiger partial charge in [0.05, 0.1) is 19.3 Å². The highest BCUT2D eigenvalue weighted by molar-refractivity contribution is 7.80. The van der Waals surface area contributed by atoms with E-state index >= 15 is 0 Å². The van der Waals surface area contributed by atoms with Gasteiger partial charge in [0, 0.05) is 19.2 Å². The fraction of sp³-hybridized carbons (Fsp3) is 0.800. The minimum atomic E-state index is -1.94. The Bertz CT molecular complexity index is 2460. The molecule has 0 aliphatic carbocycles. The molecule has 34 heteroatoms. The van der Waals surface area contributed by atoms with Gasteiger partial charge >= 0.3 is 5.97 Å². The quantitative estimate of drug-likeness (QED) is 0.0287. The van der Waals surface area contributed by atoms with Crippen molar-refractivity contribution in [3.8, 4) is 0 Å². The largest absolute Gasteiger partial charge is 0.480 e. The van der Waals surface area contributed by atoms with Crippen LogP contribution >= 0.6 is 12.6 Å². The number of carboxylic acid groups (broad SMARTS) is 1. The third kappa shape index (κ3) is 21.1. The Hall–Kier alpha value is -5.92. The predicted molar refractivity (Wildman–Crippen MR) is 315 cm³/mol. The topological polar surface area (TPSA) is 504 Å². The van der Waals surface area contributed by atoms with Gasteiger partial charge in [-0.25, -0.2) is 4.79 Å². The molecule has 33 nitrogen and oxygen atoms in total. The summed E-state index contributed by atoms with van der Waals surface area (Å²) in [6.07, 6.45) is -16.2. The van der Waals surface area contributed by atoms with Crippen molar-refractivity contribution in [2.75, 3.05) is 25.5 Å². The molecule has 0 radical (unpaired) electrons. The molecule has 3 aliphatic heterocycles. The Morgan fingerprint density at radius 3 is 1.46 bits per heavy atom. The molecular formula is C55H95N11O22S. The summed E-state index contributed by atoms with van der Waals surface area (Å²) in [5, 5.41) is 94.4. The van der Waals surface area contributed by atoms with Crippen LogP contribution in [-0.2, 0) is 71.7 Å². The molecule has 0 bridgehead atoms. The van der Waals surface area contributed by atoms with Crippen molar-refractivity contribution in [2.45, 2.75) is 231 Å². The van der Waals surface area contributed by atoms with Crippen LogP contribution in [0.2, 0.25) is 0 Å². The summed E-state index contributed by atoms with van der Waals surface area (Å²) >= 11 is 3.92. The van der Waals surface area contributed by atoms with Gasteiger partial charge in [-0.1, -0.05) is 55.4 Å². The van der Waals surface area contributed by atoms with Crippen LogP contribution in [-0.4, -0.2) is 259 Å². The summed E-state index contributed by atoms with van der Waals surface area (Å²) < 4.78 is 23.1. The average Bonchev–Trinajstić information content (AvgIpc) is 4.00. The van der Waals surface area contributed by atoms with E-state index in [1.807, 2.05) is 0 Å². The zero-order chi connectivity index (χ0) is 67.8. The maximum absolute atomic E-state index is 14.3. The molecule has 0 aromatic rings. The van der Waals surface area contributed by atoms with E-state index in [0.717, 1.165) is 6.92 Å². The molecule has 0 spiro atoms. The molecule has 3 saturated heterocycles. The van der Waals surface area contributed by atoms with E-state index in [4.69, 9.17) is 24.7 Å². The third-order valence-corrected chi connectivity index (χ3v) is 15.7. The summed E-state index contributed by atoms with van der Waals surface area (Å²) in [7, 11) is 0. The molecule has 3 aliphatic rings. The Morgan fingerprint density at radius 2 is 0.989 bits per heavy atom. The minimum Gasteiger partial charge on any atom is -0.480 e. The van der Waals surface area contributed by atoms with Gasteiger partial charge in [-0.05, 0) is 64.2 Å². The van der Waals surface area contributed by atoms with Gasteiger partial charge in [-0.15, -0.1) is 0 Å². The van der Waals surface area contributed by atoms with Crippen LogP contribution in [0.25, 0.3) is 0 Å². The Labute approximate surface area is 521 Å². The second-order valence-corrected chi connectivity index (χ2v) is 24.4. The first-order valence-corrected chi connectivity index (χ1v) is 30.2. The van der Waals surface area contributed by atoms with Crippen LogP contribution in [0, 0.1) is 23.7 Å². The molecule has 10 amide bonds. The SMILES string of the molecule is CC(=O)NC1[C@@H](OC(C)[C@H](N)C(=O)NC(C(=O)N2CCC[C@H]2C(=O)NC(C)C(=O)N[C@@H](C)C(=O)NC(C(=O)N[C@H](C(=O)NC(C(=O)N[C@@H](C)C(=O)NC(CS)C(=O)O)C(C)C)C(C)C)C(C)C)C(C)C)OC(CO)[C@H](O)[C@@H]1O[C@@H]1OC(CO)[C@H](O)C(O)[C@@H]1O. The summed E-state index contributed by atoms with van der Waals surface area (Å²) in [6.45, 7) is 17.9. The lowest BCUT2D eigenvalue weighted by Crippen LogP contribution is -2.68. The first-order chi connectivity index (χ1) is 41.4. The van der Waals surface area contributed by atoms with E-state index < -0.39 is 230 Å².